The fourth-order valence-corrected chi connectivity index (χ4v) is 2.30. The van der Waals surface area contributed by atoms with Crippen molar-refractivity contribution in [3.63, 3.8) is 0 Å². The third-order valence-electron chi connectivity index (χ3n) is 3.15. The summed E-state index contributed by atoms with van der Waals surface area (Å²) in [5, 5.41) is 4.60. The largest absolute Gasteiger partial charge is 0.294 e. The Kier molecular flexibility index (Phi) is 3.71. The highest BCUT2D eigenvalue weighted by atomic mass is 35.5. The first-order valence-electron chi connectivity index (χ1n) is 5.87. The van der Waals surface area contributed by atoms with Crippen LogP contribution in [0.1, 0.15) is 27.3 Å². The Bertz CT molecular complexity index is 649. The van der Waals surface area contributed by atoms with E-state index in [0.29, 0.717) is 21.8 Å². The number of ketones is 1. The molecule has 1 heterocycles. The van der Waals surface area contributed by atoms with Gasteiger partial charge in [-0.15, -0.1) is 0 Å². The molecule has 3 nitrogen and oxygen atoms in total. The average Bonchev–Trinajstić information content (AvgIpc) is 2.58. The molecule has 2 rings (SSSR count). The van der Waals surface area contributed by atoms with Gasteiger partial charge in [-0.1, -0.05) is 11.6 Å². The Morgan fingerprint density at radius 3 is 2.68 bits per heavy atom. The third-order valence-corrected chi connectivity index (χ3v) is 3.52. The SMILES string of the molecule is Cc1nn(C)c(C)c1C(=O)Cc1cc(F)ccc1Cl. The van der Waals surface area contributed by atoms with Crippen LogP contribution in [0.25, 0.3) is 0 Å². The summed E-state index contributed by atoms with van der Waals surface area (Å²) in [5.74, 6) is -0.498. The van der Waals surface area contributed by atoms with Gasteiger partial charge in [-0.25, -0.2) is 4.39 Å². The summed E-state index contributed by atoms with van der Waals surface area (Å²) in [6.45, 7) is 3.62. The Morgan fingerprint density at radius 2 is 2.11 bits per heavy atom. The number of hydrogen-bond donors (Lipinski definition) is 0. The highest BCUT2D eigenvalue weighted by Gasteiger charge is 2.18. The zero-order chi connectivity index (χ0) is 14.2. The molecule has 0 saturated heterocycles. The summed E-state index contributed by atoms with van der Waals surface area (Å²) >= 11 is 5.97. The van der Waals surface area contributed by atoms with E-state index in [0.717, 1.165) is 5.69 Å². The summed E-state index contributed by atoms with van der Waals surface area (Å²) in [4.78, 5) is 12.3. The molecule has 0 atom stereocenters. The summed E-state index contributed by atoms with van der Waals surface area (Å²) in [5.41, 5.74) is 2.56. The van der Waals surface area contributed by atoms with E-state index in [1.165, 1.54) is 18.2 Å². The van der Waals surface area contributed by atoms with Crippen LogP contribution < -0.4 is 0 Å². The number of nitrogens with zero attached hydrogens (tertiary/aromatic N) is 2. The van der Waals surface area contributed by atoms with Crippen molar-refractivity contribution in [3.8, 4) is 0 Å². The van der Waals surface area contributed by atoms with E-state index in [1.807, 2.05) is 6.92 Å². The molecule has 0 fully saturated rings. The molecule has 0 amide bonds. The van der Waals surface area contributed by atoms with Crippen molar-refractivity contribution >= 4 is 17.4 Å². The van der Waals surface area contributed by atoms with E-state index in [-0.39, 0.29) is 12.2 Å². The van der Waals surface area contributed by atoms with Gasteiger partial charge in [0, 0.05) is 24.2 Å². The quantitative estimate of drug-likeness (QED) is 0.809. The lowest BCUT2D eigenvalue weighted by atomic mass is 10.0. The molecule has 0 spiro atoms. The monoisotopic (exact) mass is 280 g/mol. The fourth-order valence-electron chi connectivity index (χ4n) is 2.12. The Morgan fingerprint density at radius 1 is 1.42 bits per heavy atom. The molecule has 1 aromatic carbocycles. The molecule has 0 radical (unpaired) electrons. The van der Waals surface area contributed by atoms with Crippen molar-refractivity contribution in [2.24, 2.45) is 7.05 Å². The number of benzene rings is 1. The van der Waals surface area contributed by atoms with Gasteiger partial charge in [-0.2, -0.15) is 5.10 Å². The van der Waals surface area contributed by atoms with Crippen molar-refractivity contribution in [3.05, 3.63) is 51.6 Å². The fraction of sp³-hybridized carbons (Fsp3) is 0.286. The van der Waals surface area contributed by atoms with Gasteiger partial charge >= 0.3 is 0 Å². The van der Waals surface area contributed by atoms with Crippen molar-refractivity contribution in [1.29, 1.82) is 0 Å². The number of aryl methyl sites for hydroxylation is 2. The van der Waals surface area contributed by atoms with Gasteiger partial charge in [-0.3, -0.25) is 9.48 Å². The molecule has 0 aliphatic rings. The Labute approximate surface area is 116 Å². The van der Waals surface area contributed by atoms with Crippen molar-refractivity contribution in [2.45, 2.75) is 20.3 Å². The molecule has 0 saturated carbocycles. The molecule has 0 bridgehead atoms. The van der Waals surface area contributed by atoms with E-state index in [2.05, 4.69) is 5.10 Å². The minimum atomic E-state index is -0.396. The van der Waals surface area contributed by atoms with E-state index >= 15 is 0 Å². The van der Waals surface area contributed by atoms with E-state index in [9.17, 15) is 9.18 Å². The highest BCUT2D eigenvalue weighted by molar-refractivity contribution is 6.31. The molecular formula is C14H14ClFN2O. The van der Waals surface area contributed by atoms with Gasteiger partial charge in [-0.05, 0) is 37.6 Å². The predicted octanol–water partition coefficient (Wildman–Crippen LogP) is 3.25. The Hall–Kier alpha value is -1.68. The zero-order valence-corrected chi connectivity index (χ0v) is 11.8. The molecule has 0 aliphatic carbocycles. The van der Waals surface area contributed by atoms with E-state index in [4.69, 9.17) is 11.6 Å². The normalized spacial score (nSPS) is 10.8. The minimum absolute atomic E-state index is 0.0734. The first-order valence-corrected chi connectivity index (χ1v) is 6.25. The van der Waals surface area contributed by atoms with Crippen LogP contribution in [0.3, 0.4) is 0 Å². The highest BCUT2D eigenvalue weighted by Crippen LogP contribution is 2.21. The van der Waals surface area contributed by atoms with Crippen LogP contribution >= 0.6 is 11.6 Å². The first kappa shape index (κ1) is 13.7. The maximum atomic E-state index is 13.2. The zero-order valence-electron chi connectivity index (χ0n) is 11.0. The molecule has 0 N–H and O–H groups in total. The van der Waals surface area contributed by atoms with Crippen LogP contribution in [0.5, 0.6) is 0 Å². The number of Topliss-reactive ketones (excluding diaryl/α,β-unsaturated/α-hetero) is 1. The second-order valence-corrected chi connectivity index (χ2v) is 4.91. The van der Waals surface area contributed by atoms with Gasteiger partial charge in [0.1, 0.15) is 5.82 Å². The molecule has 0 unspecified atom stereocenters. The van der Waals surface area contributed by atoms with E-state index < -0.39 is 5.82 Å². The standard InChI is InChI=1S/C14H14ClFN2O/c1-8-14(9(2)18(3)17-8)13(19)7-10-6-11(16)4-5-12(10)15/h4-6H,7H2,1-3H3. The van der Waals surface area contributed by atoms with Gasteiger partial charge in [0.15, 0.2) is 5.78 Å². The van der Waals surface area contributed by atoms with Crippen LogP contribution in [-0.4, -0.2) is 15.6 Å². The molecule has 5 heteroatoms. The Balaban J connectivity index is 2.33. The average molecular weight is 281 g/mol. The first-order chi connectivity index (χ1) is 8.90. The van der Waals surface area contributed by atoms with Crippen molar-refractivity contribution in [2.75, 3.05) is 0 Å². The number of aromatic nitrogens is 2. The molecule has 1 aromatic heterocycles. The second-order valence-electron chi connectivity index (χ2n) is 4.51. The van der Waals surface area contributed by atoms with Crippen LogP contribution in [0.2, 0.25) is 5.02 Å². The minimum Gasteiger partial charge on any atom is -0.294 e. The van der Waals surface area contributed by atoms with E-state index in [1.54, 1.807) is 18.7 Å². The number of carbonyl (C=O) groups is 1. The van der Waals surface area contributed by atoms with Crippen LogP contribution in [0.4, 0.5) is 4.39 Å². The number of hydrogen-bond acceptors (Lipinski definition) is 2. The van der Waals surface area contributed by atoms with Crippen LogP contribution in [-0.2, 0) is 13.5 Å². The topological polar surface area (TPSA) is 34.9 Å². The lowest BCUT2D eigenvalue weighted by molar-refractivity contribution is 0.0991. The number of halogens is 2. The van der Waals surface area contributed by atoms with Gasteiger partial charge in [0.2, 0.25) is 0 Å². The third kappa shape index (κ3) is 2.68. The van der Waals surface area contributed by atoms with Crippen molar-refractivity contribution in [1.82, 2.24) is 9.78 Å². The molecule has 19 heavy (non-hydrogen) atoms. The van der Waals surface area contributed by atoms with Gasteiger partial charge < -0.3 is 0 Å². The molecular weight excluding hydrogens is 267 g/mol. The summed E-state index contributed by atoms with van der Waals surface area (Å²) in [7, 11) is 1.79. The number of carbonyl (C=O) groups excluding carboxylic acids is 1. The maximum Gasteiger partial charge on any atom is 0.170 e. The summed E-state index contributed by atoms with van der Waals surface area (Å²) in [6, 6.07) is 4.03. The molecule has 0 aliphatic heterocycles. The lowest BCUT2D eigenvalue weighted by Gasteiger charge is -2.05. The lowest BCUT2D eigenvalue weighted by Crippen LogP contribution is -2.07. The van der Waals surface area contributed by atoms with Crippen LogP contribution in [0, 0.1) is 19.7 Å². The predicted molar refractivity (Wildman–Crippen MR) is 72.1 cm³/mol. The molecule has 100 valence electrons. The maximum absolute atomic E-state index is 13.2. The molecule has 2 aromatic rings. The second kappa shape index (κ2) is 5.13. The number of rotatable bonds is 3. The summed E-state index contributed by atoms with van der Waals surface area (Å²) in [6.07, 6.45) is 0.0734. The smallest absolute Gasteiger partial charge is 0.170 e. The van der Waals surface area contributed by atoms with Gasteiger partial charge in [0.25, 0.3) is 0 Å². The van der Waals surface area contributed by atoms with Crippen molar-refractivity contribution < 1.29 is 9.18 Å². The van der Waals surface area contributed by atoms with Gasteiger partial charge in [0.05, 0.1) is 11.3 Å². The van der Waals surface area contributed by atoms with Crippen LogP contribution in [0.15, 0.2) is 18.2 Å². The summed E-state index contributed by atoms with van der Waals surface area (Å²) < 4.78 is 14.8.